The standard InChI is InChI=1S/C30H25Cl2NO4/c1-2-36-30(35)23-9-14-26(15-10-23)33(19-24-8-13-25(31)18-28(24)32)29(34)22-11-16-27(17-12-22)37-20-21-6-4-3-5-7-21/h3-18H,2,19-20H2,1H3. The zero-order valence-electron chi connectivity index (χ0n) is 20.2. The summed E-state index contributed by atoms with van der Waals surface area (Å²) in [4.78, 5) is 27.3. The highest BCUT2D eigenvalue weighted by Crippen LogP contribution is 2.27. The van der Waals surface area contributed by atoms with E-state index in [1.807, 2.05) is 30.3 Å². The van der Waals surface area contributed by atoms with Gasteiger partial charge < -0.3 is 14.4 Å². The highest BCUT2D eigenvalue weighted by molar-refractivity contribution is 6.35. The van der Waals surface area contributed by atoms with Gasteiger partial charge in [0.05, 0.1) is 18.7 Å². The van der Waals surface area contributed by atoms with Crippen LogP contribution < -0.4 is 9.64 Å². The van der Waals surface area contributed by atoms with Crippen LogP contribution in [-0.2, 0) is 17.9 Å². The number of halogens is 2. The van der Waals surface area contributed by atoms with Crippen LogP contribution in [0.1, 0.15) is 38.8 Å². The molecule has 1 amide bonds. The lowest BCUT2D eigenvalue weighted by atomic mass is 10.1. The van der Waals surface area contributed by atoms with Crippen molar-refractivity contribution >= 4 is 40.8 Å². The zero-order chi connectivity index (χ0) is 26.2. The quantitative estimate of drug-likeness (QED) is 0.208. The van der Waals surface area contributed by atoms with Gasteiger partial charge in [0.1, 0.15) is 12.4 Å². The number of ether oxygens (including phenoxy) is 2. The summed E-state index contributed by atoms with van der Waals surface area (Å²) < 4.78 is 10.9. The summed E-state index contributed by atoms with van der Waals surface area (Å²) in [5.74, 6) is 0.00904. The zero-order valence-corrected chi connectivity index (χ0v) is 21.7. The lowest BCUT2D eigenvalue weighted by molar-refractivity contribution is 0.0526. The highest BCUT2D eigenvalue weighted by atomic mass is 35.5. The van der Waals surface area contributed by atoms with Gasteiger partial charge in [0.15, 0.2) is 0 Å². The van der Waals surface area contributed by atoms with Crippen molar-refractivity contribution in [3.8, 4) is 5.75 Å². The molecule has 0 unspecified atom stereocenters. The Morgan fingerprint density at radius 1 is 0.811 bits per heavy atom. The molecule has 0 radical (unpaired) electrons. The number of carbonyl (C=O) groups is 2. The maximum absolute atomic E-state index is 13.7. The van der Waals surface area contributed by atoms with E-state index in [4.69, 9.17) is 32.7 Å². The molecule has 0 saturated heterocycles. The number of nitrogens with zero attached hydrogens (tertiary/aromatic N) is 1. The van der Waals surface area contributed by atoms with E-state index in [2.05, 4.69) is 0 Å². The molecule has 5 nitrogen and oxygen atoms in total. The van der Waals surface area contributed by atoms with Crippen LogP contribution in [0.15, 0.2) is 97.1 Å². The Hall–Kier alpha value is -3.80. The number of benzene rings is 4. The van der Waals surface area contributed by atoms with Crippen molar-refractivity contribution in [3.05, 3.63) is 129 Å². The molecule has 0 aromatic heterocycles. The van der Waals surface area contributed by atoms with Crippen molar-refractivity contribution in [1.82, 2.24) is 0 Å². The van der Waals surface area contributed by atoms with Gasteiger partial charge in [-0.15, -0.1) is 0 Å². The van der Waals surface area contributed by atoms with Crippen molar-refractivity contribution in [2.75, 3.05) is 11.5 Å². The van der Waals surface area contributed by atoms with E-state index >= 15 is 0 Å². The summed E-state index contributed by atoms with van der Waals surface area (Å²) in [6.45, 7) is 2.67. The fourth-order valence-corrected chi connectivity index (χ4v) is 4.15. The van der Waals surface area contributed by atoms with E-state index in [0.29, 0.717) is 39.2 Å². The van der Waals surface area contributed by atoms with Crippen molar-refractivity contribution in [2.24, 2.45) is 0 Å². The molecule has 0 atom stereocenters. The van der Waals surface area contributed by atoms with Crippen LogP contribution in [0.5, 0.6) is 5.75 Å². The molecule has 0 heterocycles. The summed E-state index contributed by atoms with van der Waals surface area (Å²) >= 11 is 12.5. The Bertz CT molecular complexity index is 1360. The normalized spacial score (nSPS) is 10.6. The van der Waals surface area contributed by atoms with E-state index in [9.17, 15) is 9.59 Å². The predicted molar refractivity (Wildman–Crippen MR) is 147 cm³/mol. The average molecular weight is 534 g/mol. The first kappa shape index (κ1) is 26.3. The molecule has 0 bridgehead atoms. The molecule has 4 aromatic carbocycles. The fraction of sp³-hybridized carbons (Fsp3) is 0.133. The van der Waals surface area contributed by atoms with Crippen LogP contribution in [0.2, 0.25) is 10.0 Å². The molecular weight excluding hydrogens is 509 g/mol. The molecule has 4 rings (SSSR count). The van der Waals surface area contributed by atoms with E-state index in [1.54, 1.807) is 78.6 Å². The minimum absolute atomic E-state index is 0.208. The number of amides is 1. The first-order valence-corrected chi connectivity index (χ1v) is 12.5. The number of hydrogen-bond donors (Lipinski definition) is 0. The van der Waals surface area contributed by atoms with Crippen molar-refractivity contribution in [1.29, 1.82) is 0 Å². The van der Waals surface area contributed by atoms with Gasteiger partial charge in [-0.1, -0.05) is 59.6 Å². The molecule has 188 valence electrons. The second-order valence-electron chi connectivity index (χ2n) is 8.19. The van der Waals surface area contributed by atoms with Gasteiger partial charge in [0.25, 0.3) is 5.91 Å². The van der Waals surface area contributed by atoms with Crippen LogP contribution >= 0.6 is 23.2 Å². The van der Waals surface area contributed by atoms with Gasteiger partial charge in [-0.05, 0) is 78.7 Å². The third-order valence-electron chi connectivity index (χ3n) is 5.63. The second kappa shape index (κ2) is 12.4. The number of anilines is 1. The average Bonchev–Trinajstić information content (AvgIpc) is 2.92. The van der Waals surface area contributed by atoms with Gasteiger partial charge in [0.2, 0.25) is 0 Å². The molecule has 0 aliphatic carbocycles. The molecular formula is C30H25Cl2NO4. The molecule has 7 heteroatoms. The maximum atomic E-state index is 13.7. The van der Waals surface area contributed by atoms with E-state index < -0.39 is 5.97 Å². The smallest absolute Gasteiger partial charge is 0.338 e. The van der Waals surface area contributed by atoms with E-state index in [0.717, 1.165) is 11.1 Å². The SMILES string of the molecule is CCOC(=O)c1ccc(N(Cc2ccc(Cl)cc2Cl)C(=O)c2ccc(OCc3ccccc3)cc2)cc1. The molecule has 4 aromatic rings. The Labute approximate surface area is 226 Å². The minimum atomic E-state index is -0.418. The maximum Gasteiger partial charge on any atom is 0.338 e. The molecule has 0 aliphatic heterocycles. The van der Waals surface area contributed by atoms with Crippen LogP contribution in [0.25, 0.3) is 0 Å². The molecule has 0 saturated carbocycles. The van der Waals surface area contributed by atoms with Crippen LogP contribution in [0, 0.1) is 0 Å². The summed E-state index contributed by atoms with van der Waals surface area (Å²) in [5, 5.41) is 0.967. The monoisotopic (exact) mass is 533 g/mol. The van der Waals surface area contributed by atoms with Gasteiger partial charge in [-0.3, -0.25) is 4.79 Å². The Kier molecular flexibility index (Phi) is 8.83. The van der Waals surface area contributed by atoms with Gasteiger partial charge in [-0.25, -0.2) is 4.79 Å². The van der Waals surface area contributed by atoms with E-state index in [1.165, 1.54) is 0 Å². The Morgan fingerprint density at radius 2 is 1.49 bits per heavy atom. The first-order valence-electron chi connectivity index (χ1n) is 11.7. The van der Waals surface area contributed by atoms with Crippen molar-refractivity contribution in [3.63, 3.8) is 0 Å². The third kappa shape index (κ3) is 6.91. The summed E-state index contributed by atoms with van der Waals surface area (Å²) in [6, 6.07) is 28.7. The summed E-state index contributed by atoms with van der Waals surface area (Å²) in [5.41, 5.74) is 3.28. The van der Waals surface area contributed by atoms with E-state index in [-0.39, 0.29) is 19.1 Å². The second-order valence-corrected chi connectivity index (χ2v) is 9.04. The predicted octanol–water partition coefficient (Wildman–Crippen LogP) is 7.60. The highest BCUT2D eigenvalue weighted by Gasteiger charge is 2.20. The molecule has 0 fully saturated rings. The minimum Gasteiger partial charge on any atom is -0.489 e. The summed E-state index contributed by atoms with van der Waals surface area (Å²) in [6.07, 6.45) is 0. The molecule has 0 N–H and O–H groups in total. The topological polar surface area (TPSA) is 55.8 Å². The Balaban J connectivity index is 1.57. The number of carbonyl (C=O) groups excluding carboxylic acids is 2. The lowest BCUT2D eigenvalue weighted by Crippen LogP contribution is -2.30. The van der Waals surface area contributed by atoms with Crippen molar-refractivity contribution < 1.29 is 19.1 Å². The Morgan fingerprint density at radius 3 is 2.14 bits per heavy atom. The number of esters is 1. The van der Waals surface area contributed by atoms with Crippen LogP contribution in [0.4, 0.5) is 5.69 Å². The molecule has 37 heavy (non-hydrogen) atoms. The third-order valence-corrected chi connectivity index (χ3v) is 6.22. The summed E-state index contributed by atoms with van der Waals surface area (Å²) in [7, 11) is 0. The van der Waals surface area contributed by atoms with Gasteiger partial charge >= 0.3 is 5.97 Å². The number of hydrogen-bond acceptors (Lipinski definition) is 4. The molecule has 0 spiro atoms. The van der Waals surface area contributed by atoms with Gasteiger partial charge in [0, 0.05) is 21.3 Å². The first-order chi connectivity index (χ1) is 17.9. The lowest BCUT2D eigenvalue weighted by Gasteiger charge is -2.24. The van der Waals surface area contributed by atoms with Crippen LogP contribution in [-0.4, -0.2) is 18.5 Å². The fourth-order valence-electron chi connectivity index (χ4n) is 3.68. The van der Waals surface area contributed by atoms with Crippen molar-refractivity contribution in [2.45, 2.75) is 20.1 Å². The van der Waals surface area contributed by atoms with Gasteiger partial charge in [-0.2, -0.15) is 0 Å². The number of rotatable bonds is 9. The largest absolute Gasteiger partial charge is 0.489 e. The van der Waals surface area contributed by atoms with Crippen LogP contribution in [0.3, 0.4) is 0 Å². The molecule has 0 aliphatic rings.